The zero-order chi connectivity index (χ0) is 12.5. The van der Waals surface area contributed by atoms with E-state index in [0.29, 0.717) is 5.41 Å². The standard InChI is InChI=1S/C14H21BrN2/c1-4-14(5-2)7-9-17(10-14)13-12(15)11(3)6-8-16-13/h6,8H,4-5,7,9-10H2,1-3H3. The normalized spacial score (nSPS) is 18.7. The molecule has 2 heterocycles. The van der Waals surface area contributed by atoms with Gasteiger partial charge in [-0.1, -0.05) is 13.8 Å². The fourth-order valence-electron chi connectivity index (χ4n) is 2.69. The van der Waals surface area contributed by atoms with E-state index < -0.39 is 0 Å². The molecular weight excluding hydrogens is 276 g/mol. The van der Waals surface area contributed by atoms with Crippen LogP contribution in [-0.2, 0) is 0 Å². The van der Waals surface area contributed by atoms with E-state index in [4.69, 9.17) is 0 Å². The van der Waals surface area contributed by atoms with Crippen molar-refractivity contribution in [2.45, 2.75) is 40.0 Å². The number of aryl methyl sites for hydroxylation is 1. The second kappa shape index (κ2) is 4.97. The maximum atomic E-state index is 4.53. The summed E-state index contributed by atoms with van der Waals surface area (Å²) in [6.07, 6.45) is 5.74. The Hall–Kier alpha value is -0.570. The van der Waals surface area contributed by atoms with Crippen LogP contribution < -0.4 is 4.90 Å². The maximum absolute atomic E-state index is 4.53. The first kappa shape index (κ1) is 12.9. The Labute approximate surface area is 113 Å². The Kier molecular flexibility index (Phi) is 3.76. The van der Waals surface area contributed by atoms with Gasteiger partial charge < -0.3 is 4.90 Å². The fourth-order valence-corrected chi connectivity index (χ4v) is 3.17. The van der Waals surface area contributed by atoms with Gasteiger partial charge >= 0.3 is 0 Å². The van der Waals surface area contributed by atoms with Gasteiger partial charge in [-0.05, 0) is 59.2 Å². The van der Waals surface area contributed by atoms with Gasteiger partial charge in [0, 0.05) is 19.3 Å². The van der Waals surface area contributed by atoms with Gasteiger partial charge in [0.2, 0.25) is 0 Å². The highest BCUT2D eigenvalue weighted by molar-refractivity contribution is 9.10. The molecule has 0 saturated carbocycles. The molecule has 3 heteroatoms. The Balaban J connectivity index is 2.23. The highest BCUT2D eigenvalue weighted by Gasteiger charge is 2.36. The highest BCUT2D eigenvalue weighted by Crippen LogP contribution is 2.40. The third kappa shape index (κ3) is 2.35. The average Bonchev–Trinajstić information content (AvgIpc) is 2.78. The summed E-state index contributed by atoms with van der Waals surface area (Å²) in [5, 5.41) is 0. The van der Waals surface area contributed by atoms with Crippen molar-refractivity contribution < 1.29 is 0 Å². The quantitative estimate of drug-likeness (QED) is 0.832. The summed E-state index contributed by atoms with van der Waals surface area (Å²) >= 11 is 3.67. The monoisotopic (exact) mass is 296 g/mol. The van der Waals surface area contributed by atoms with E-state index in [-0.39, 0.29) is 0 Å². The molecule has 0 atom stereocenters. The minimum Gasteiger partial charge on any atom is -0.355 e. The first-order valence-electron chi connectivity index (χ1n) is 6.48. The summed E-state index contributed by atoms with van der Waals surface area (Å²) in [7, 11) is 0. The Bertz CT molecular complexity index is 399. The van der Waals surface area contributed by atoms with Crippen molar-refractivity contribution in [2.24, 2.45) is 5.41 Å². The summed E-state index contributed by atoms with van der Waals surface area (Å²) in [5.74, 6) is 1.12. The number of rotatable bonds is 3. The molecule has 94 valence electrons. The van der Waals surface area contributed by atoms with Crippen molar-refractivity contribution in [1.29, 1.82) is 0 Å². The molecule has 1 aromatic heterocycles. The van der Waals surface area contributed by atoms with Crippen molar-refractivity contribution in [3.05, 3.63) is 22.3 Å². The zero-order valence-corrected chi connectivity index (χ0v) is 12.5. The smallest absolute Gasteiger partial charge is 0.143 e. The first-order valence-corrected chi connectivity index (χ1v) is 7.27. The van der Waals surface area contributed by atoms with Gasteiger partial charge in [-0.3, -0.25) is 0 Å². The molecule has 1 aliphatic heterocycles. The van der Waals surface area contributed by atoms with Crippen LogP contribution >= 0.6 is 15.9 Å². The first-order chi connectivity index (χ1) is 8.12. The molecule has 0 aliphatic carbocycles. The third-order valence-corrected chi connectivity index (χ3v) is 5.28. The van der Waals surface area contributed by atoms with Crippen LogP contribution in [0.25, 0.3) is 0 Å². The van der Waals surface area contributed by atoms with Crippen LogP contribution in [0.5, 0.6) is 0 Å². The van der Waals surface area contributed by atoms with Crippen molar-refractivity contribution in [1.82, 2.24) is 4.98 Å². The van der Waals surface area contributed by atoms with Gasteiger partial charge in [0.25, 0.3) is 0 Å². The molecule has 0 N–H and O–H groups in total. The molecule has 1 aromatic rings. The summed E-state index contributed by atoms with van der Waals surface area (Å²) in [4.78, 5) is 6.97. The largest absolute Gasteiger partial charge is 0.355 e. The van der Waals surface area contributed by atoms with Crippen LogP contribution in [-0.4, -0.2) is 18.1 Å². The summed E-state index contributed by atoms with van der Waals surface area (Å²) < 4.78 is 1.16. The molecule has 0 aromatic carbocycles. The highest BCUT2D eigenvalue weighted by atomic mass is 79.9. The molecule has 2 rings (SSSR count). The zero-order valence-electron chi connectivity index (χ0n) is 11.0. The van der Waals surface area contributed by atoms with Crippen LogP contribution in [0.1, 0.15) is 38.7 Å². The van der Waals surface area contributed by atoms with Gasteiger partial charge in [-0.15, -0.1) is 0 Å². The molecule has 0 amide bonds. The lowest BCUT2D eigenvalue weighted by atomic mass is 9.82. The van der Waals surface area contributed by atoms with Crippen LogP contribution in [0.4, 0.5) is 5.82 Å². The molecule has 1 aliphatic rings. The number of halogens is 1. The second-order valence-corrected chi connectivity index (χ2v) is 5.94. The lowest BCUT2D eigenvalue weighted by Crippen LogP contribution is -2.27. The summed E-state index contributed by atoms with van der Waals surface area (Å²) in [6, 6.07) is 2.05. The predicted octanol–water partition coefficient (Wildman–Crippen LogP) is 4.17. The van der Waals surface area contributed by atoms with E-state index in [1.807, 2.05) is 6.20 Å². The van der Waals surface area contributed by atoms with E-state index in [2.05, 4.69) is 52.7 Å². The van der Waals surface area contributed by atoms with E-state index >= 15 is 0 Å². The molecule has 0 bridgehead atoms. The van der Waals surface area contributed by atoms with Crippen LogP contribution in [0.15, 0.2) is 16.7 Å². The fraction of sp³-hybridized carbons (Fsp3) is 0.643. The number of anilines is 1. The van der Waals surface area contributed by atoms with Crippen molar-refractivity contribution >= 4 is 21.7 Å². The topological polar surface area (TPSA) is 16.1 Å². The lowest BCUT2D eigenvalue weighted by molar-refractivity contribution is 0.301. The van der Waals surface area contributed by atoms with Crippen LogP contribution in [0.3, 0.4) is 0 Å². The Morgan fingerprint density at radius 2 is 2.12 bits per heavy atom. The van der Waals surface area contributed by atoms with Gasteiger partial charge in [0.1, 0.15) is 5.82 Å². The number of nitrogens with zero attached hydrogens (tertiary/aromatic N) is 2. The minimum atomic E-state index is 0.505. The third-order valence-electron chi connectivity index (χ3n) is 4.30. The molecule has 0 spiro atoms. The number of aromatic nitrogens is 1. The van der Waals surface area contributed by atoms with Crippen LogP contribution in [0, 0.1) is 12.3 Å². The number of hydrogen-bond donors (Lipinski definition) is 0. The van der Waals surface area contributed by atoms with E-state index in [0.717, 1.165) is 23.4 Å². The van der Waals surface area contributed by atoms with Gasteiger partial charge in [0.15, 0.2) is 0 Å². The van der Waals surface area contributed by atoms with Crippen molar-refractivity contribution in [3.63, 3.8) is 0 Å². The second-order valence-electron chi connectivity index (χ2n) is 5.14. The molecule has 17 heavy (non-hydrogen) atoms. The van der Waals surface area contributed by atoms with Crippen molar-refractivity contribution in [2.75, 3.05) is 18.0 Å². The van der Waals surface area contributed by atoms with E-state index in [9.17, 15) is 0 Å². The number of hydrogen-bond acceptors (Lipinski definition) is 2. The van der Waals surface area contributed by atoms with Gasteiger partial charge in [-0.2, -0.15) is 0 Å². The Morgan fingerprint density at radius 3 is 2.71 bits per heavy atom. The summed E-state index contributed by atoms with van der Waals surface area (Å²) in [5.41, 5.74) is 1.77. The molecule has 0 radical (unpaired) electrons. The van der Waals surface area contributed by atoms with E-state index in [1.165, 1.54) is 24.8 Å². The van der Waals surface area contributed by atoms with Gasteiger partial charge in [-0.25, -0.2) is 4.98 Å². The Morgan fingerprint density at radius 1 is 1.41 bits per heavy atom. The van der Waals surface area contributed by atoms with Crippen LogP contribution in [0.2, 0.25) is 0 Å². The molecular formula is C14H21BrN2. The SMILES string of the molecule is CCC1(CC)CCN(c2nccc(C)c2Br)C1. The molecule has 1 saturated heterocycles. The van der Waals surface area contributed by atoms with E-state index in [1.54, 1.807) is 0 Å². The number of pyridine rings is 1. The van der Waals surface area contributed by atoms with Crippen molar-refractivity contribution in [3.8, 4) is 0 Å². The maximum Gasteiger partial charge on any atom is 0.143 e. The lowest BCUT2D eigenvalue weighted by Gasteiger charge is -2.27. The molecule has 1 fully saturated rings. The van der Waals surface area contributed by atoms with Gasteiger partial charge in [0.05, 0.1) is 4.47 Å². The average molecular weight is 297 g/mol. The predicted molar refractivity (Wildman–Crippen MR) is 76.5 cm³/mol. The molecule has 0 unspecified atom stereocenters. The minimum absolute atomic E-state index is 0.505. The summed E-state index contributed by atoms with van der Waals surface area (Å²) in [6.45, 7) is 9.03. The molecule has 2 nitrogen and oxygen atoms in total.